The average Bonchev–Trinajstić information content (AvgIpc) is 2.18. The lowest BCUT2D eigenvalue weighted by Gasteiger charge is -2.38. The Morgan fingerprint density at radius 3 is 2.44 bits per heavy atom. The first-order chi connectivity index (χ1) is 8.15. The number of hydrogen-bond donors (Lipinski definition) is 2. The number of rotatable bonds is 3. The second-order valence-electron chi connectivity index (χ2n) is 6.83. The van der Waals surface area contributed by atoms with Gasteiger partial charge in [0.1, 0.15) is 0 Å². The molecule has 1 amide bonds. The first-order valence-corrected chi connectivity index (χ1v) is 6.68. The maximum absolute atomic E-state index is 11.9. The Morgan fingerprint density at radius 2 is 1.94 bits per heavy atom. The summed E-state index contributed by atoms with van der Waals surface area (Å²) in [7, 11) is 0. The van der Waals surface area contributed by atoms with Crippen molar-refractivity contribution in [2.24, 2.45) is 10.8 Å². The molecule has 0 spiro atoms. The highest BCUT2D eigenvalue weighted by Gasteiger charge is 2.43. The van der Waals surface area contributed by atoms with E-state index in [-0.39, 0.29) is 17.4 Å². The number of nitrogens with one attached hydrogen (secondary N) is 1. The van der Waals surface area contributed by atoms with E-state index in [4.69, 9.17) is 0 Å². The van der Waals surface area contributed by atoms with E-state index >= 15 is 0 Å². The van der Waals surface area contributed by atoms with Crippen LogP contribution in [0.15, 0.2) is 0 Å². The zero-order chi connectivity index (χ0) is 14.0. The molecule has 0 radical (unpaired) electrons. The number of carboxylic acids is 1. The molecule has 1 saturated carbocycles. The standard InChI is InChI=1S/C14H25NO3/c1-13(2,3)9-11(16)15-10-7-5-6-8-14(10,4)12(17)18/h10H,5-9H2,1-4H3,(H,15,16)(H,17,18). The van der Waals surface area contributed by atoms with E-state index in [1.54, 1.807) is 6.92 Å². The van der Waals surface area contributed by atoms with Gasteiger partial charge in [0.05, 0.1) is 5.41 Å². The first kappa shape index (κ1) is 15.0. The maximum Gasteiger partial charge on any atom is 0.311 e. The summed E-state index contributed by atoms with van der Waals surface area (Å²) in [6.45, 7) is 7.76. The molecule has 2 unspecified atom stereocenters. The van der Waals surface area contributed by atoms with Crippen molar-refractivity contribution in [3.8, 4) is 0 Å². The van der Waals surface area contributed by atoms with Gasteiger partial charge in [-0.05, 0) is 25.2 Å². The molecule has 104 valence electrons. The fourth-order valence-electron chi connectivity index (χ4n) is 2.55. The topological polar surface area (TPSA) is 66.4 Å². The molecule has 4 nitrogen and oxygen atoms in total. The fraction of sp³-hybridized carbons (Fsp3) is 0.857. The number of carbonyl (C=O) groups is 2. The van der Waals surface area contributed by atoms with Crippen LogP contribution in [0.5, 0.6) is 0 Å². The highest BCUT2D eigenvalue weighted by molar-refractivity contribution is 5.80. The average molecular weight is 255 g/mol. The van der Waals surface area contributed by atoms with Crippen molar-refractivity contribution >= 4 is 11.9 Å². The molecule has 4 heteroatoms. The zero-order valence-corrected chi connectivity index (χ0v) is 11.9. The Morgan fingerprint density at radius 1 is 1.33 bits per heavy atom. The van der Waals surface area contributed by atoms with Crippen molar-refractivity contribution in [1.29, 1.82) is 0 Å². The van der Waals surface area contributed by atoms with Crippen molar-refractivity contribution in [3.63, 3.8) is 0 Å². The molecule has 18 heavy (non-hydrogen) atoms. The number of amides is 1. The van der Waals surface area contributed by atoms with Gasteiger partial charge in [0, 0.05) is 12.5 Å². The molecular formula is C14H25NO3. The van der Waals surface area contributed by atoms with E-state index in [1.807, 2.05) is 20.8 Å². The van der Waals surface area contributed by atoms with Gasteiger partial charge < -0.3 is 10.4 Å². The van der Waals surface area contributed by atoms with Gasteiger partial charge in [-0.2, -0.15) is 0 Å². The Labute approximate surface area is 109 Å². The lowest BCUT2D eigenvalue weighted by Crippen LogP contribution is -2.52. The molecule has 0 saturated heterocycles. The predicted molar refractivity (Wildman–Crippen MR) is 70.2 cm³/mol. The summed E-state index contributed by atoms with van der Waals surface area (Å²) < 4.78 is 0. The number of aliphatic carboxylic acids is 1. The van der Waals surface area contributed by atoms with Crippen LogP contribution in [-0.2, 0) is 9.59 Å². The normalized spacial score (nSPS) is 28.8. The van der Waals surface area contributed by atoms with Gasteiger partial charge in [-0.1, -0.05) is 33.6 Å². The van der Waals surface area contributed by atoms with Crippen molar-refractivity contribution in [3.05, 3.63) is 0 Å². The predicted octanol–water partition coefficient (Wildman–Crippen LogP) is 2.57. The molecule has 1 aliphatic carbocycles. The van der Waals surface area contributed by atoms with Gasteiger partial charge in [-0.15, -0.1) is 0 Å². The monoisotopic (exact) mass is 255 g/mol. The summed E-state index contributed by atoms with van der Waals surface area (Å²) in [6.07, 6.45) is 3.75. The van der Waals surface area contributed by atoms with Crippen LogP contribution in [0.2, 0.25) is 0 Å². The van der Waals surface area contributed by atoms with Crippen molar-refractivity contribution in [1.82, 2.24) is 5.32 Å². The van der Waals surface area contributed by atoms with Crippen molar-refractivity contribution < 1.29 is 14.7 Å². The molecule has 1 rings (SSSR count). The molecular weight excluding hydrogens is 230 g/mol. The number of carbonyl (C=O) groups excluding carboxylic acids is 1. The van der Waals surface area contributed by atoms with Gasteiger partial charge >= 0.3 is 5.97 Å². The van der Waals surface area contributed by atoms with Crippen LogP contribution in [0.1, 0.15) is 59.8 Å². The van der Waals surface area contributed by atoms with Gasteiger partial charge in [0.15, 0.2) is 0 Å². The lowest BCUT2D eigenvalue weighted by molar-refractivity contribution is -0.152. The van der Waals surface area contributed by atoms with Gasteiger partial charge in [-0.3, -0.25) is 9.59 Å². The Kier molecular flexibility index (Phi) is 4.41. The molecule has 0 aromatic carbocycles. The van der Waals surface area contributed by atoms with E-state index in [0.717, 1.165) is 19.3 Å². The lowest BCUT2D eigenvalue weighted by atomic mass is 9.71. The Balaban J connectivity index is 2.69. The summed E-state index contributed by atoms with van der Waals surface area (Å²) in [5.74, 6) is -0.842. The van der Waals surface area contributed by atoms with Crippen LogP contribution in [0.25, 0.3) is 0 Å². The highest BCUT2D eigenvalue weighted by Crippen LogP contribution is 2.36. The van der Waals surface area contributed by atoms with E-state index < -0.39 is 11.4 Å². The molecule has 2 N–H and O–H groups in total. The second kappa shape index (κ2) is 5.29. The molecule has 1 aliphatic rings. The molecule has 0 aliphatic heterocycles. The minimum atomic E-state index is -0.814. The molecule has 0 aromatic rings. The van der Waals surface area contributed by atoms with E-state index in [9.17, 15) is 14.7 Å². The third-order valence-electron chi connectivity index (χ3n) is 3.72. The minimum Gasteiger partial charge on any atom is -0.481 e. The van der Waals surface area contributed by atoms with Gasteiger partial charge in [0.25, 0.3) is 0 Å². The third kappa shape index (κ3) is 3.72. The minimum absolute atomic E-state index is 0.0399. The third-order valence-corrected chi connectivity index (χ3v) is 3.72. The van der Waals surface area contributed by atoms with Gasteiger partial charge in [0.2, 0.25) is 5.91 Å². The summed E-state index contributed by atoms with van der Waals surface area (Å²) in [5.41, 5.74) is -0.885. The SMILES string of the molecule is CC(C)(C)CC(=O)NC1CCCCC1(C)C(=O)O. The van der Waals surface area contributed by atoms with Crippen LogP contribution < -0.4 is 5.32 Å². The van der Waals surface area contributed by atoms with Crippen molar-refractivity contribution in [2.45, 2.75) is 65.8 Å². The van der Waals surface area contributed by atoms with Crippen LogP contribution >= 0.6 is 0 Å². The van der Waals surface area contributed by atoms with Crippen LogP contribution in [0.4, 0.5) is 0 Å². The first-order valence-electron chi connectivity index (χ1n) is 6.68. The van der Waals surface area contributed by atoms with E-state index in [0.29, 0.717) is 12.8 Å². The second-order valence-corrected chi connectivity index (χ2v) is 6.83. The number of carboxylic acid groups (broad SMARTS) is 1. The van der Waals surface area contributed by atoms with Gasteiger partial charge in [-0.25, -0.2) is 0 Å². The fourth-order valence-corrected chi connectivity index (χ4v) is 2.55. The molecule has 0 bridgehead atoms. The highest BCUT2D eigenvalue weighted by atomic mass is 16.4. The quantitative estimate of drug-likeness (QED) is 0.814. The summed E-state index contributed by atoms with van der Waals surface area (Å²) >= 11 is 0. The molecule has 0 heterocycles. The van der Waals surface area contributed by atoms with Crippen LogP contribution in [0.3, 0.4) is 0 Å². The van der Waals surface area contributed by atoms with E-state index in [1.165, 1.54) is 0 Å². The number of hydrogen-bond acceptors (Lipinski definition) is 2. The van der Waals surface area contributed by atoms with Crippen LogP contribution in [-0.4, -0.2) is 23.0 Å². The maximum atomic E-state index is 11.9. The molecule has 0 aromatic heterocycles. The molecule has 2 atom stereocenters. The van der Waals surface area contributed by atoms with E-state index in [2.05, 4.69) is 5.32 Å². The Bertz CT molecular complexity index is 332. The zero-order valence-electron chi connectivity index (χ0n) is 11.9. The summed E-state index contributed by atoms with van der Waals surface area (Å²) in [6, 6.07) is -0.237. The molecule has 1 fully saturated rings. The van der Waals surface area contributed by atoms with Crippen molar-refractivity contribution in [2.75, 3.05) is 0 Å². The largest absolute Gasteiger partial charge is 0.481 e. The Hall–Kier alpha value is -1.06. The smallest absolute Gasteiger partial charge is 0.311 e. The summed E-state index contributed by atoms with van der Waals surface area (Å²) in [5, 5.41) is 12.3. The van der Waals surface area contributed by atoms with Crippen LogP contribution in [0, 0.1) is 10.8 Å². The summed E-state index contributed by atoms with van der Waals surface area (Å²) in [4.78, 5) is 23.3.